The predicted molar refractivity (Wildman–Crippen MR) is 77.9 cm³/mol. The van der Waals surface area contributed by atoms with Crippen LogP contribution in [0.25, 0.3) is 21.7 Å². The van der Waals surface area contributed by atoms with Gasteiger partial charge in [0.1, 0.15) is 0 Å². The molecular formula is C17H14N2. The Bertz CT molecular complexity index is 810. The van der Waals surface area contributed by atoms with Crippen molar-refractivity contribution in [2.75, 3.05) is 0 Å². The lowest BCUT2D eigenvalue weighted by atomic mass is 9.83. The number of fused-ring (bicyclic) bond motifs is 3. The Hall–Kier alpha value is -2.40. The van der Waals surface area contributed by atoms with Crippen molar-refractivity contribution in [2.45, 2.75) is 19.3 Å². The van der Waals surface area contributed by atoms with E-state index in [1.807, 2.05) is 50.4 Å². The fourth-order valence-electron chi connectivity index (χ4n) is 2.49. The zero-order chi connectivity index (χ0) is 13.5. The smallest absolute Gasteiger partial charge is 0.0773 e. The highest BCUT2D eigenvalue weighted by molar-refractivity contribution is 6.07. The molecule has 2 heteroatoms. The summed E-state index contributed by atoms with van der Waals surface area (Å²) < 4.78 is 0. The van der Waals surface area contributed by atoms with Crippen LogP contribution in [0.2, 0.25) is 0 Å². The molecule has 1 aromatic heterocycles. The van der Waals surface area contributed by atoms with Crippen LogP contribution in [-0.2, 0) is 5.41 Å². The summed E-state index contributed by atoms with van der Waals surface area (Å²) in [5.74, 6) is 0. The number of pyridine rings is 1. The van der Waals surface area contributed by atoms with E-state index in [-0.39, 0.29) is 0 Å². The van der Waals surface area contributed by atoms with E-state index in [0.29, 0.717) is 0 Å². The van der Waals surface area contributed by atoms with Crippen LogP contribution in [0.3, 0.4) is 0 Å². The minimum atomic E-state index is -0.523. The molecule has 0 fully saturated rings. The van der Waals surface area contributed by atoms with Gasteiger partial charge in [-0.25, -0.2) is 0 Å². The van der Waals surface area contributed by atoms with Crippen LogP contribution < -0.4 is 0 Å². The average molecular weight is 246 g/mol. The third-order valence-electron chi connectivity index (χ3n) is 3.57. The molecule has 92 valence electrons. The van der Waals surface area contributed by atoms with Crippen LogP contribution in [0.4, 0.5) is 0 Å². The van der Waals surface area contributed by atoms with E-state index < -0.39 is 5.41 Å². The molecular weight excluding hydrogens is 232 g/mol. The number of aromatic nitrogens is 1. The van der Waals surface area contributed by atoms with Gasteiger partial charge in [-0.2, -0.15) is 5.26 Å². The molecule has 2 nitrogen and oxygen atoms in total. The van der Waals surface area contributed by atoms with Crippen molar-refractivity contribution in [3.05, 3.63) is 54.2 Å². The van der Waals surface area contributed by atoms with Crippen molar-refractivity contribution < 1.29 is 0 Å². The zero-order valence-corrected chi connectivity index (χ0v) is 11.0. The average Bonchev–Trinajstić information content (AvgIpc) is 2.46. The normalized spacial score (nSPS) is 11.6. The van der Waals surface area contributed by atoms with Crippen LogP contribution >= 0.6 is 0 Å². The van der Waals surface area contributed by atoms with E-state index in [1.165, 1.54) is 0 Å². The summed E-state index contributed by atoms with van der Waals surface area (Å²) in [6.45, 7) is 3.90. The maximum Gasteiger partial charge on any atom is 0.0773 e. The molecule has 0 aliphatic rings. The second kappa shape index (κ2) is 4.07. The van der Waals surface area contributed by atoms with Gasteiger partial charge in [-0.05, 0) is 30.9 Å². The Labute approximate surface area is 112 Å². The first-order valence-electron chi connectivity index (χ1n) is 6.32. The standard InChI is InChI=1S/C17H14N2/c1-17(2,11-18)14-8-5-9-15-16(14)13-7-4-3-6-12(13)10-19-15/h3-10H,1-2H3. The van der Waals surface area contributed by atoms with Crippen molar-refractivity contribution in [1.29, 1.82) is 5.26 Å². The molecule has 0 saturated carbocycles. The summed E-state index contributed by atoms with van der Waals surface area (Å²) in [6.07, 6.45) is 1.89. The van der Waals surface area contributed by atoms with Gasteiger partial charge in [-0.15, -0.1) is 0 Å². The molecule has 0 unspecified atom stereocenters. The topological polar surface area (TPSA) is 36.7 Å². The van der Waals surface area contributed by atoms with Gasteiger partial charge in [0, 0.05) is 17.0 Å². The summed E-state index contributed by atoms with van der Waals surface area (Å²) in [6, 6.07) is 16.6. The monoisotopic (exact) mass is 246 g/mol. The summed E-state index contributed by atoms with van der Waals surface area (Å²) in [5.41, 5.74) is 1.46. The van der Waals surface area contributed by atoms with E-state index in [4.69, 9.17) is 0 Å². The van der Waals surface area contributed by atoms with E-state index >= 15 is 0 Å². The number of rotatable bonds is 1. The number of nitrogens with zero attached hydrogens (tertiary/aromatic N) is 2. The lowest BCUT2D eigenvalue weighted by Crippen LogP contribution is -2.14. The van der Waals surface area contributed by atoms with Gasteiger partial charge in [-0.1, -0.05) is 36.4 Å². The molecule has 0 bridgehead atoms. The molecule has 2 aromatic carbocycles. The summed E-state index contributed by atoms with van der Waals surface area (Å²) in [5, 5.41) is 12.8. The minimum Gasteiger partial charge on any atom is -0.256 e. The van der Waals surface area contributed by atoms with Gasteiger partial charge < -0.3 is 0 Å². The highest BCUT2D eigenvalue weighted by Crippen LogP contribution is 2.33. The third-order valence-corrected chi connectivity index (χ3v) is 3.57. The first kappa shape index (κ1) is 11.7. The zero-order valence-electron chi connectivity index (χ0n) is 11.0. The molecule has 0 aliphatic heterocycles. The predicted octanol–water partition coefficient (Wildman–Crippen LogP) is 4.19. The van der Waals surface area contributed by atoms with Crippen molar-refractivity contribution >= 4 is 21.7 Å². The largest absolute Gasteiger partial charge is 0.256 e. The van der Waals surface area contributed by atoms with Crippen LogP contribution in [-0.4, -0.2) is 4.98 Å². The van der Waals surface area contributed by atoms with Crippen LogP contribution in [0, 0.1) is 11.3 Å². The van der Waals surface area contributed by atoms with Gasteiger partial charge in [0.15, 0.2) is 0 Å². The van der Waals surface area contributed by atoms with Gasteiger partial charge in [0.05, 0.1) is 17.0 Å². The van der Waals surface area contributed by atoms with Crippen LogP contribution in [0.15, 0.2) is 48.7 Å². The van der Waals surface area contributed by atoms with Crippen molar-refractivity contribution in [3.63, 3.8) is 0 Å². The second-order valence-electron chi connectivity index (χ2n) is 5.28. The van der Waals surface area contributed by atoms with E-state index in [0.717, 1.165) is 27.2 Å². The molecule has 0 radical (unpaired) electrons. The molecule has 3 rings (SSSR count). The first-order valence-corrected chi connectivity index (χ1v) is 6.32. The molecule has 0 amide bonds. The molecule has 0 N–H and O–H groups in total. The maximum atomic E-state index is 9.41. The Balaban J connectivity index is 2.54. The summed E-state index contributed by atoms with van der Waals surface area (Å²) in [4.78, 5) is 4.51. The molecule has 0 atom stereocenters. The minimum absolute atomic E-state index is 0.523. The quantitative estimate of drug-likeness (QED) is 0.604. The lowest BCUT2D eigenvalue weighted by molar-refractivity contribution is 0.694. The van der Waals surface area contributed by atoms with Crippen molar-refractivity contribution in [1.82, 2.24) is 4.98 Å². The fraction of sp³-hybridized carbons (Fsp3) is 0.176. The summed E-state index contributed by atoms with van der Waals surface area (Å²) in [7, 11) is 0. The van der Waals surface area contributed by atoms with E-state index in [1.54, 1.807) is 0 Å². The lowest BCUT2D eigenvalue weighted by Gasteiger charge is -2.19. The maximum absolute atomic E-state index is 9.41. The molecule has 1 heterocycles. The fourth-order valence-corrected chi connectivity index (χ4v) is 2.49. The molecule has 19 heavy (non-hydrogen) atoms. The SMILES string of the molecule is CC(C)(C#N)c1cccc2ncc3ccccc3c12. The third kappa shape index (κ3) is 1.75. The molecule has 0 spiro atoms. The highest BCUT2D eigenvalue weighted by atomic mass is 14.7. The van der Waals surface area contributed by atoms with Gasteiger partial charge in [0.25, 0.3) is 0 Å². The Morgan fingerprint density at radius 3 is 2.63 bits per heavy atom. The molecule has 3 aromatic rings. The Morgan fingerprint density at radius 1 is 1.05 bits per heavy atom. The van der Waals surface area contributed by atoms with Gasteiger partial charge >= 0.3 is 0 Å². The molecule has 0 saturated heterocycles. The van der Waals surface area contributed by atoms with Crippen LogP contribution in [0.1, 0.15) is 19.4 Å². The highest BCUT2D eigenvalue weighted by Gasteiger charge is 2.23. The summed E-state index contributed by atoms with van der Waals surface area (Å²) >= 11 is 0. The second-order valence-corrected chi connectivity index (χ2v) is 5.28. The van der Waals surface area contributed by atoms with E-state index in [2.05, 4.69) is 23.2 Å². The van der Waals surface area contributed by atoms with Gasteiger partial charge in [0.2, 0.25) is 0 Å². The Morgan fingerprint density at radius 2 is 1.84 bits per heavy atom. The van der Waals surface area contributed by atoms with Crippen molar-refractivity contribution in [2.24, 2.45) is 0 Å². The number of hydrogen-bond acceptors (Lipinski definition) is 2. The Kier molecular flexibility index (Phi) is 2.50. The van der Waals surface area contributed by atoms with E-state index in [9.17, 15) is 5.26 Å². The number of hydrogen-bond donors (Lipinski definition) is 0. The van der Waals surface area contributed by atoms with Crippen molar-refractivity contribution in [3.8, 4) is 6.07 Å². The molecule has 0 aliphatic carbocycles. The van der Waals surface area contributed by atoms with Gasteiger partial charge in [-0.3, -0.25) is 4.98 Å². The van der Waals surface area contributed by atoms with Crippen LogP contribution in [0.5, 0.6) is 0 Å². The number of benzene rings is 2. The first-order chi connectivity index (χ1) is 9.13. The number of nitriles is 1.